The van der Waals surface area contributed by atoms with Gasteiger partial charge in [0.25, 0.3) is 0 Å². The zero-order valence-electron chi connectivity index (χ0n) is 14.2. The molecule has 7 nitrogen and oxygen atoms in total. The molecule has 0 unspecified atom stereocenters. The van der Waals surface area contributed by atoms with E-state index in [4.69, 9.17) is 20.1 Å². The van der Waals surface area contributed by atoms with Crippen molar-refractivity contribution in [2.45, 2.75) is 33.2 Å². The highest BCUT2D eigenvalue weighted by atomic mass is 16.5. The zero-order valence-corrected chi connectivity index (χ0v) is 14.2. The van der Waals surface area contributed by atoms with Crippen LogP contribution in [0, 0.1) is 6.92 Å². The number of nitrogens with zero attached hydrogens (tertiary/aromatic N) is 1. The molecule has 3 N–H and O–H groups in total. The standard InChI is InChI=1S/C16H21N3O2.CO2/c1-10-8-12(17)15-13(18-10)6-5-7-14(15)21-9-16(3,4)19-11(2)20;2-1-3/h5-8H,9H2,1-4H3,(H2,17,18)(H,19,20);. The Balaban J connectivity index is 0.000000891. The fourth-order valence-corrected chi connectivity index (χ4v) is 2.31. The van der Waals surface area contributed by atoms with Crippen LogP contribution in [0.3, 0.4) is 0 Å². The van der Waals surface area contributed by atoms with Crippen LogP contribution in [0.1, 0.15) is 26.5 Å². The van der Waals surface area contributed by atoms with E-state index in [1.807, 2.05) is 45.0 Å². The number of benzene rings is 1. The molecule has 0 atom stereocenters. The quantitative estimate of drug-likeness (QED) is 0.884. The Hall–Kier alpha value is -2.92. The summed E-state index contributed by atoms with van der Waals surface area (Å²) in [4.78, 5) is 31.9. The van der Waals surface area contributed by atoms with Crippen LogP contribution in [-0.2, 0) is 14.4 Å². The third kappa shape index (κ3) is 5.37. The van der Waals surface area contributed by atoms with E-state index in [2.05, 4.69) is 10.3 Å². The lowest BCUT2D eigenvalue weighted by Gasteiger charge is -2.26. The maximum atomic E-state index is 11.2. The minimum Gasteiger partial charge on any atom is -0.490 e. The summed E-state index contributed by atoms with van der Waals surface area (Å²) >= 11 is 0. The summed E-state index contributed by atoms with van der Waals surface area (Å²) in [5.41, 5.74) is 7.95. The van der Waals surface area contributed by atoms with Gasteiger partial charge in [0.2, 0.25) is 5.91 Å². The molecule has 1 aromatic carbocycles. The molecule has 0 bridgehead atoms. The van der Waals surface area contributed by atoms with Crippen molar-refractivity contribution in [1.29, 1.82) is 0 Å². The van der Waals surface area contributed by atoms with Crippen LogP contribution in [0.5, 0.6) is 5.75 Å². The van der Waals surface area contributed by atoms with Crippen molar-refractivity contribution in [1.82, 2.24) is 10.3 Å². The van der Waals surface area contributed by atoms with Crippen LogP contribution >= 0.6 is 0 Å². The van der Waals surface area contributed by atoms with Crippen LogP contribution in [0.25, 0.3) is 10.9 Å². The molecule has 0 aliphatic carbocycles. The van der Waals surface area contributed by atoms with Crippen molar-refractivity contribution in [2.75, 3.05) is 12.3 Å². The van der Waals surface area contributed by atoms with E-state index < -0.39 is 5.54 Å². The van der Waals surface area contributed by atoms with Gasteiger partial charge in [0.1, 0.15) is 12.4 Å². The van der Waals surface area contributed by atoms with E-state index in [-0.39, 0.29) is 12.1 Å². The number of anilines is 1. The second kappa shape index (κ2) is 8.08. The Morgan fingerprint density at radius 3 is 2.58 bits per heavy atom. The van der Waals surface area contributed by atoms with Crippen LogP contribution in [0.2, 0.25) is 0 Å². The number of hydrogen-bond donors (Lipinski definition) is 2. The largest absolute Gasteiger partial charge is 0.490 e. The number of aromatic nitrogens is 1. The zero-order chi connectivity index (χ0) is 18.3. The maximum Gasteiger partial charge on any atom is 0.373 e. The van der Waals surface area contributed by atoms with E-state index in [1.165, 1.54) is 6.92 Å². The number of nitrogens with one attached hydrogen (secondary N) is 1. The van der Waals surface area contributed by atoms with Crippen LogP contribution < -0.4 is 15.8 Å². The van der Waals surface area contributed by atoms with Gasteiger partial charge in [-0.15, -0.1) is 0 Å². The van der Waals surface area contributed by atoms with E-state index in [1.54, 1.807) is 0 Å². The van der Waals surface area contributed by atoms with Crippen molar-refractivity contribution in [3.8, 4) is 5.75 Å². The van der Waals surface area contributed by atoms with Crippen molar-refractivity contribution >= 4 is 28.6 Å². The number of nitrogen functional groups attached to an aromatic ring is 1. The van der Waals surface area contributed by atoms with Crippen LogP contribution in [-0.4, -0.2) is 29.2 Å². The number of amides is 1. The molecule has 0 aliphatic rings. The number of ether oxygens (including phenoxy) is 1. The molecule has 1 amide bonds. The molecular weight excluding hydrogens is 310 g/mol. The molecule has 0 fully saturated rings. The molecular formula is C17H21N3O4. The topological polar surface area (TPSA) is 111 Å². The smallest absolute Gasteiger partial charge is 0.373 e. The molecule has 1 heterocycles. The summed E-state index contributed by atoms with van der Waals surface area (Å²) in [6.07, 6.45) is 0.250. The van der Waals surface area contributed by atoms with Gasteiger partial charge in [0, 0.05) is 18.3 Å². The lowest BCUT2D eigenvalue weighted by molar-refractivity contribution is -0.191. The summed E-state index contributed by atoms with van der Waals surface area (Å²) in [5.74, 6) is 0.592. The second-order valence-electron chi connectivity index (χ2n) is 5.94. The minimum atomic E-state index is -0.457. The molecule has 7 heteroatoms. The average molecular weight is 331 g/mol. The second-order valence-corrected chi connectivity index (χ2v) is 5.94. The van der Waals surface area contributed by atoms with Crippen molar-refractivity contribution in [3.05, 3.63) is 30.0 Å². The number of carbonyl (C=O) groups excluding carboxylic acids is 3. The monoisotopic (exact) mass is 331 g/mol. The molecule has 128 valence electrons. The molecule has 24 heavy (non-hydrogen) atoms. The number of pyridine rings is 1. The lowest BCUT2D eigenvalue weighted by Crippen LogP contribution is -2.46. The SMILES string of the molecule is CC(=O)NC(C)(C)COc1cccc2nc(C)cc(N)c12.O=C=O. The first-order chi connectivity index (χ1) is 11.2. The Morgan fingerprint density at radius 2 is 2.00 bits per heavy atom. The highest BCUT2D eigenvalue weighted by Gasteiger charge is 2.20. The van der Waals surface area contributed by atoms with E-state index in [9.17, 15) is 4.79 Å². The molecule has 0 saturated carbocycles. The van der Waals surface area contributed by atoms with E-state index in [0.717, 1.165) is 16.6 Å². The van der Waals surface area contributed by atoms with Crippen molar-refractivity contribution in [3.63, 3.8) is 0 Å². The average Bonchev–Trinajstić information content (AvgIpc) is 2.44. The van der Waals surface area contributed by atoms with Gasteiger partial charge in [-0.25, -0.2) is 0 Å². The van der Waals surface area contributed by atoms with Gasteiger partial charge in [-0.2, -0.15) is 9.59 Å². The molecule has 2 aromatic rings. The summed E-state index contributed by atoms with van der Waals surface area (Å²) in [5, 5.41) is 3.66. The number of hydrogen-bond acceptors (Lipinski definition) is 6. The van der Waals surface area contributed by atoms with Gasteiger partial charge in [-0.05, 0) is 39.0 Å². The predicted molar refractivity (Wildman–Crippen MR) is 89.3 cm³/mol. The minimum absolute atomic E-state index is 0.0849. The lowest BCUT2D eigenvalue weighted by atomic mass is 10.1. The summed E-state index contributed by atoms with van der Waals surface area (Å²) in [7, 11) is 0. The first-order valence-electron chi connectivity index (χ1n) is 7.27. The Bertz CT molecular complexity index is 766. The number of carbonyl (C=O) groups is 1. The van der Waals surface area contributed by atoms with Crippen molar-refractivity contribution < 1.29 is 19.1 Å². The Kier molecular flexibility index (Phi) is 6.44. The van der Waals surface area contributed by atoms with Gasteiger partial charge < -0.3 is 15.8 Å². The van der Waals surface area contributed by atoms with Crippen LogP contribution in [0.4, 0.5) is 5.69 Å². The Morgan fingerprint density at radius 1 is 1.38 bits per heavy atom. The first-order valence-corrected chi connectivity index (χ1v) is 7.27. The molecule has 0 spiro atoms. The summed E-state index contributed by atoms with van der Waals surface area (Å²) < 4.78 is 5.87. The van der Waals surface area contributed by atoms with Crippen molar-refractivity contribution in [2.24, 2.45) is 0 Å². The third-order valence-corrected chi connectivity index (χ3v) is 3.06. The van der Waals surface area contributed by atoms with Gasteiger partial charge >= 0.3 is 6.15 Å². The first kappa shape index (κ1) is 19.1. The number of nitrogens with two attached hydrogens (primary N) is 1. The highest BCUT2D eigenvalue weighted by Crippen LogP contribution is 2.30. The molecule has 1 aromatic heterocycles. The fourth-order valence-electron chi connectivity index (χ4n) is 2.31. The molecule has 0 aliphatic heterocycles. The number of rotatable bonds is 4. The van der Waals surface area contributed by atoms with Gasteiger partial charge in [-0.3, -0.25) is 9.78 Å². The van der Waals surface area contributed by atoms with E-state index >= 15 is 0 Å². The summed E-state index contributed by atoms with van der Waals surface area (Å²) in [6, 6.07) is 7.48. The van der Waals surface area contributed by atoms with Gasteiger partial charge in [-0.1, -0.05) is 6.07 Å². The molecule has 0 radical (unpaired) electrons. The van der Waals surface area contributed by atoms with Crippen LogP contribution in [0.15, 0.2) is 24.3 Å². The Labute approximate surface area is 140 Å². The number of fused-ring (bicyclic) bond motifs is 1. The summed E-state index contributed by atoms with van der Waals surface area (Å²) in [6.45, 7) is 7.56. The number of aryl methyl sites for hydroxylation is 1. The predicted octanol–water partition coefficient (Wildman–Crippen LogP) is 1.84. The normalized spacial score (nSPS) is 10.3. The van der Waals surface area contributed by atoms with Gasteiger partial charge in [0.15, 0.2) is 0 Å². The fraction of sp³-hybridized carbons (Fsp3) is 0.353. The molecule has 2 rings (SSSR count). The highest BCUT2D eigenvalue weighted by molar-refractivity contribution is 5.95. The molecule has 0 saturated heterocycles. The van der Waals surface area contributed by atoms with E-state index in [0.29, 0.717) is 18.0 Å². The van der Waals surface area contributed by atoms with Gasteiger partial charge in [0.05, 0.1) is 16.4 Å². The maximum absolute atomic E-state index is 11.2. The third-order valence-electron chi connectivity index (χ3n) is 3.06.